The molecule has 1 aromatic heterocycles. The first-order valence-corrected chi connectivity index (χ1v) is 13.0. The van der Waals surface area contributed by atoms with Gasteiger partial charge in [0, 0.05) is 35.5 Å². The van der Waals surface area contributed by atoms with Gasteiger partial charge in [-0.1, -0.05) is 6.42 Å². The molecule has 5 rings (SSSR count). The molecule has 0 saturated heterocycles. The van der Waals surface area contributed by atoms with E-state index in [4.69, 9.17) is 14.5 Å². The first-order chi connectivity index (χ1) is 17.8. The molecular weight excluding hydrogens is 473 g/mol. The molecule has 2 heterocycles. The average Bonchev–Trinajstić information content (AvgIpc) is 3.26. The normalized spacial score (nSPS) is 21.5. The Labute approximate surface area is 216 Å². The molecule has 0 unspecified atom stereocenters. The van der Waals surface area contributed by atoms with Crippen molar-refractivity contribution in [3.8, 4) is 5.75 Å². The summed E-state index contributed by atoms with van der Waals surface area (Å²) >= 11 is 0. The summed E-state index contributed by atoms with van der Waals surface area (Å²) in [5, 5.41) is 0. The van der Waals surface area contributed by atoms with Crippen LogP contribution in [0.4, 0.5) is 14.9 Å². The molecule has 196 valence electrons. The molecule has 1 fully saturated rings. The largest absolute Gasteiger partial charge is 0.496 e. The monoisotopic (exact) mass is 507 g/mol. The molecule has 2 aromatic carbocycles. The molecular formula is C29H34FN3O4. The summed E-state index contributed by atoms with van der Waals surface area (Å²) in [7, 11) is 2.98. The number of aryl methyl sites for hydroxylation is 1. The minimum Gasteiger partial charge on any atom is -0.496 e. The molecule has 2 aliphatic rings. The van der Waals surface area contributed by atoms with Crippen LogP contribution in [0.5, 0.6) is 5.75 Å². The minimum absolute atomic E-state index is 0.0187. The molecule has 0 spiro atoms. The van der Waals surface area contributed by atoms with E-state index in [2.05, 4.69) is 4.57 Å². The number of anilines is 1. The van der Waals surface area contributed by atoms with Gasteiger partial charge in [0.1, 0.15) is 23.2 Å². The van der Waals surface area contributed by atoms with Crippen molar-refractivity contribution in [1.82, 2.24) is 9.55 Å². The van der Waals surface area contributed by atoms with Crippen LogP contribution in [0.15, 0.2) is 30.3 Å². The van der Waals surface area contributed by atoms with Gasteiger partial charge in [-0.2, -0.15) is 0 Å². The van der Waals surface area contributed by atoms with Crippen molar-refractivity contribution in [2.45, 2.75) is 70.9 Å². The zero-order valence-electron chi connectivity index (χ0n) is 21.9. The van der Waals surface area contributed by atoms with Gasteiger partial charge in [0.2, 0.25) is 0 Å². The van der Waals surface area contributed by atoms with Crippen LogP contribution in [0.25, 0.3) is 11.0 Å². The molecule has 1 aliphatic carbocycles. The van der Waals surface area contributed by atoms with Gasteiger partial charge in [0.05, 0.1) is 30.9 Å². The lowest BCUT2D eigenvalue weighted by Gasteiger charge is -2.34. The molecule has 0 radical (unpaired) electrons. The number of carbonyl (C=O) groups is 2. The van der Waals surface area contributed by atoms with E-state index in [-0.39, 0.29) is 35.7 Å². The highest BCUT2D eigenvalue weighted by atomic mass is 19.1. The van der Waals surface area contributed by atoms with Crippen LogP contribution < -0.4 is 9.64 Å². The lowest BCUT2D eigenvalue weighted by molar-refractivity contribution is -0.122. The van der Waals surface area contributed by atoms with E-state index >= 15 is 0 Å². The molecule has 3 atom stereocenters. The standard InChI is InChI=1S/C29H34FN3O4/c1-17-8-10-23-24(32(17)29(35)37-4)11-12-25-28(23)31-27(16-20-14-21(30)9-13-26(20)36-3)33(25)22-7-5-6-19(15-22)18(2)34/h9,11-14,17,19,22H,5-8,10,15-16H2,1-4H3/t17-,19+,22+/m0/s1. The summed E-state index contributed by atoms with van der Waals surface area (Å²) in [6.45, 7) is 3.70. The topological polar surface area (TPSA) is 73.7 Å². The van der Waals surface area contributed by atoms with Gasteiger partial charge in [0.25, 0.3) is 0 Å². The van der Waals surface area contributed by atoms with Gasteiger partial charge < -0.3 is 14.0 Å². The Balaban J connectivity index is 1.68. The molecule has 8 heteroatoms. The molecule has 1 amide bonds. The molecule has 0 bridgehead atoms. The predicted molar refractivity (Wildman–Crippen MR) is 140 cm³/mol. The van der Waals surface area contributed by atoms with E-state index in [1.165, 1.54) is 19.2 Å². The number of amides is 1. The third kappa shape index (κ3) is 4.58. The van der Waals surface area contributed by atoms with E-state index in [0.29, 0.717) is 12.2 Å². The second-order valence-electron chi connectivity index (χ2n) is 10.3. The number of imidazole rings is 1. The maximum Gasteiger partial charge on any atom is 0.414 e. The minimum atomic E-state index is -0.381. The number of carbonyl (C=O) groups excluding carboxylic acids is 2. The van der Waals surface area contributed by atoms with Crippen molar-refractivity contribution >= 4 is 28.6 Å². The molecule has 1 saturated carbocycles. The molecule has 1 aliphatic heterocycles. The van der Waals surface area contributed by atoms with Gasteiger partial charge in [-0.25, -0.2) is 14.2 Å². The van der Waals surface area contributed by atoms with Crippen molar-refractivity contribution in [2.24, 2.45) is 5.92 Å². The number of halogens is 1. The number of rotatable bonds is 5. The van der Waals surface area contributed by atoms with Crippen LogP contribution >= 0.6 is 0 Å². The lowest BCUT2D eigenvalue weighted by atomic mass is 9.83. The third-order valence-electron chi connectivity index (χ3n) is 8.08. The number of methoxy groups -OCH3 is 2. The van der Waals surface area contributed by atoms with E-state index < -0.39 is 0 Å². The summed E-state index contributed by atoms with van der Waals surface area (Å²) in [4.78, 5) is 31.8. The number of hydrogen-bond donors (Lipinski definition) is 0. The summed E-state index contributed by atoms with van der Waals surface area (Å²) in [5.74, 6) is 1.35. The van der Waals surface area contributed by atoms with Crippen LogP contribution in [0.1, 0.15) is 68.9 Å². The second-order valence-corrected chi connectivity index (χ2v) is 10.3. The number of aromatic nitrogens is 2. The highest BCUT2D eigenvalue weighted by Crippen LogP contribution is 2.41. The SMILES string of the molecule is COC(=O)N1c2ccc3c(nc(Cc4cc(F)ccc4OC)n3[C@@H]3CCC[C@@H](C(C)=O)C3)c2CC[C@@H]1C. The average molecular weight is 508 g/mol. The zero-order chi connectivity index (χ0) is 26.3. The Kier molecular flexibility index (Phi) is 6.92. The van der Waals surface area contributed by atoms with E-state index in [0.717, 1.165) is 72.2 Å². The fourth-order valence-electron chi connectivity index (χ4n) is 6.18. The summed E-state index contributed by atoms with van der Waals surface area (Å²) in [6, 6.07) is 8.67. The van der Waals surface area contributed by atoms with E-state index in [1.807, 2.05) is 19.1 Å². The van der Waals surface area contributed by atoms with Crippen LogP contribution in [0, 0.1) is 11.7 Å². The quantitative estimate of drug-likeness (QED) is 0.423. The lowest BCUT2D eigenvalue weighted by Crippen LogP contribution is -2.42. The number of nitrogens with zero attached hydrogens (tertiary/aromatic N) is 3. The number of fused-ring (bicyclic) bond motifs is 3. The fourth-order valence-corrected chi connectivity index (χ4v) is 6.18. The van der Waals surface area contributed by atoms with Crippen LogP contribution in [-0.4, -0.2) is 41.7 Å². The molecule has 7 nitrogen and oxygen atoms in total. The zero-order valence-corrected chi connectivity index (χ0v) is 21.9. The van der Waals surface area contributed by atoms with Crippen molar-refractivity contribution in [3.05, 3.63) is 53.1 Å². The van der Waals surface area contributed by atoms with Gasteiger partial charge in [-0.3, -0.25) is 9.69 Å². The number of ether oxygens (including phenoxy) is 2. The number of Topliss-reactive ketones (excluding diaryl/α,β-unsaturated/α-hetero) is 1. The first kappa shape index (κ1) is 25.2. The Morgan fingerprint density at radius 2 is 1.95 bits per heavy atom. The first-order valence-electron chi connectivity index (χ1n) is 13.0. The smallest absolute Gasteiger partial charge is 0.414 e. The van der Waals surface area contributed by atoms with Gasteiger partial charge in [-0.15, -0.1) is 0 Å². The maximum atomic E-state index is 14.2. The van der Waals surface area contributed by atoms with Crippen molar-refractivity contribution in [2.75, 3.05) is 19.1 Å². The van der Waals surface area contributed by atoms with Gasteiger partial charge in [0.15, 0.2) is 0 Å². The van der Waals surface area contributed by atoms with Crippen molar-refractivity contribution in [3.63, 3.8) is 0 Å². The Morgan fingerprint density at radius 3 is 2.68 bits per heavy atom. The maximum absolute atomic E-state index is 14.2. The number of ketones is 1. The Bertz CT molecular complexity index is 1350. The van der Waals surface area contributed by atoms with Crippen molar-refractivity contribution < 1.29 is 23.5 Å². The number of benzene rings is 2. The summed E-state index contributed by atoms with van der Waals surface area (Å²) in [5.41, 5.74) is 4.40. The van der Waals surface area contributed by atoms with E-state index in [9.17, 15) is 14.0 Å². The molecule has 3 aromatic rings. The summed E-state index contributed by atoms with van der Waals surface area (Å²) < 4.78 is 27.1. The van der Waals surface area contributed by atoms with E-state index in [1.54, 1.807) is 25.0 Å². The third-order valence-corrected chi connectivity index (χ3v) is 8.08. The Morgan fingerprint density at radius 1 is 1.14 bits per heavy atom. The second kappa shape index (κ2) is 10.1. The number of hydrogen-bond acceptors (Lipinski definition) is 5. The van der Waals surface area contributed by atoms with Crippen LogP contribution in [-0.2, 0) is 22.4 Å². The predicted octanol–water partition coefficient (Wildman–Crippen LogP) is 6.00. The molecule has 37 heavy (non-hydrogen) atoms. The van der Waals surface area contributed by atoms with Gasteiger partial charge in [-0.05, 0) is 76.3 Å². The fraction of sp³-hybridized carbons (Fsp3) is 0.483. The molecule has 0 N–H and O–H groups in total. The highest BCUT2D eigenvalue weighted by molar-refractivity contribution is 5.95. The van der Waals surface area contributed by atoms with Gasteiger partial charge >= 0.3 is 6.09 Å². The van der Waals surface area contributed by atoms with Crippen LogP contribution in [0.2, 0.25) is 0 Å². The van der Waals surface area contributed by atoms with Crippen LogP contribution in [0.3, 0.4) is 0 Å². The highest BCUT2D eigenvalue weighted by Gasteiger charge is 2.33. The summed E-state index contributed by atoms with van der Waals surface area (Å²) in [6.07, 6.45) is 5.19. The van der Waals surface area contributed by atoms with Crippen molar-refractivity contribution in [1.29, 1.82) is 0 Å². The Hall–Kier alpha value is -3.42.